The van der Waals surface area contributed by atoms with Crippen LogP contribution < -0.4 is 13.2 Å². The van der Waals surface area contributed by atoms with Gasteiger partial charge in [0, 0.05) is 41.3 Å². The van der Waals surface area contributed by atoms with Crippen LogP contribution in [0.4, 0.5) is 17.1 Å². The minimum atomic E-state index is -4.92. The highest BCUT2D eigenvalue weighted by atomic mass is 32.3. The number of rotatable bonds is 10. The van der Waals surface area contributed by atoms with Gasteiger partial charge >= 0.3 is 0 Å². The minimum Gasteiger partial charge on any atom is -0.493 e. The molecule has 2 atom stereocenters. The SMILES string of the molecule is COc1cc2c(cc1OC)[C@H]1CCCC[C@H]1N=C2c1ccc(N(S(=O)(=O)c2ccc([N+](=O)[O-])cc2)S(=O)(=O)c2ccc([N+](=O)[O-])cc2)cc1. The van der Waals surface area contributed by atoms with Gasteiger partial charge in [-0.3, -0.25) is 25.2 Å². The van der Waals surface area contributed by atoms with Gasteiger partial charge in [0.2, 0.25) is 0 Å². The van der Waals surface area contributed by atoms with E-state index in [9.17, 15) is 37.1 Å². The topological polar surface area (TPSA) is 189 Å². The summed E-state index contributed by atoms with van der Waals surface area (Å²) in [6, 6.07) is 17.2. The molecule has 1 fully saturated rings. The highest BCUT2D eigenvalue weighted by molar-refractivity contribution is 8.10. The summed E-state index contributed by atoms with van der Waals surface area (Å²) in [5.74, 6) is 1.28. The number of nitro groups is 2. The fourth-order valence-corrected chi connectivity index (χ4v) is 10.0. The molecule has 1 heterocycles. The molecule has 0 aromatic heterocycles. The molecule has 14 nitrogen and oxygen atoms in total. The Morgan fingerprint density at radius 2 is 1.20 bits per heavy atom. The van der Waals surface area contributed by atoms with Crippen LogP contribution in [0.1, 0.15) is 48.3 Å². The molecule has 49 heavy (non-hydrogen) atoms. The van der Waals surface area contributed by atoms with Crippen LogP contribution in [0.5, 0.6) is 11.5 Å². The zero-order valence-electron chi connectivity index (χ0n) is 26.3. The lowest BCUT2D eigenvalue weighted by Gasteiger charge is -2.36. The Kier molecular flexibility index (Phi) is 8.85. The third-order valence-electron chi connectivity index (χ3n) is 8.71. The summed E-state index contributed by atoms with van der Waals surface area (Å²) in [4.78, 5) is 25.0. The first-order chi connectivity index (χ1) is 23.4. The lowest BCUT2D eigenvalue weighted by Crippen LogP contribution is -2.37. The van der Waals surface area contributed by atoms with Crippen LogP contribution in [-0.4, -0.2) is 52.7 Å². The molecule has 0 N–H and O–H groups in total. The molecule has 0 unspecified atom stereocenters. The monoisotopic (exact) mass is 706 g/mol. The van der Waals surface area contributed by atoms with E-state index in [0.29, 0.717) is 22.8 Å². The molecule has 1 saturated carbocycles. The maximum Gasteiger partial charge on any atom is 0.277 e. The lowest BCUT2D eigenvalue weighted by atomic mass is 9.75. The van der Waals surface area contributed by atoms with Crippen molar-refractivity contribution in [3.05, 3.63) is 122 Å². The van der Waals surface area contributed by atoms with Crippen LogP contribution in [0, 0.1) is 20.2 Å². The zero-order valence-corrected chi connectivity index (χ0v) is 27.9. The van der Waals surface area contributed by atoms with Gasteiger partial charge in [-0.2, -0.15) is 3.71 Å². The Labute approximate surface area is 282 Å². The van der Waals surface area contributed by atoms with E-state index in [0.717, 1.165) is 85.3 Å². The number of hydrogen-bond donors (Lipinski definition) is 0. The summed E-state index contributed by atoms with van der Waals surface area (Å²) in [6.45, 7) is 0. The summed E-state index contributed by atoms with van der Waals surface area (Å²) in [7, 11) is -6.73. The van der Waals surface area contributed by atoms with Crippen molar-refractivity contribution in [3.63, 3.8) is 0 Å². The van der Waals surface area contributed by atoms with Crippen LogP contribution in [0.15, 0.2) is 99.7 Å². The molecule has 4 aromatic rings. The van der Waals surface area contributed by atoms with E-state index in [4.69, 9.17) is 14.5 Å². The number of ether oxygens (including phenoxy) is 2. The van der Waals surface area contributed by atoms with Crippen LogP contribution in [0.25, 0.3) is 0 Å². The van der Waals surface area contributed by atoms with E-state index in [1.807, 2.05) is 12.1 Å². The summed E-state index contributed by atoms with van der Waals surface area (Å²) in [5.41, 5.74) is 2.06. The van der Waals surface area contributed by atoms with E-state index in [2.05, 4.69) is 0 Å². The first-order valence-electron chi connectivity index (χ1n) is 15.1. The predicted octanol–water partition coefficient (Wildman–Crippen LogP) is 5.98. The van der Waals surface area contributed by atoms with Crippen LogP contribution >= 0.6 is 0 Å². The van der Waals surface area contributed by atoms with Crippen molar-refractivity contribution in [3.8, 4) is 11.5 Å². The van der Waals surface area contributed by atoms with Gasteiger partial charge in [-0.25, -0.2) is 16.8 Å². The molecule has 1 aliphatic carbocycles. The summed E-state index contributed by atoms with van der Waals surface area (Å²) >= 11 is 0. The number of anilines is 1. The quantitative estimate of drug-likeness (QED) is 0.140. The van der Waals surface area contributed by atoms with Gasteiger partial charge in [-0.15, -0.1) is 0 Å². The molecule has 16 heteroatoms. The van der Waals surface area contributed by atoms with Gasteiger partial charge in [0.05, 0.1) is 51.3 Å². The largest absolute Gasteiger partial charge is 0.493 e. The van der Waals surface area contributed by atoms with E-state index in [-0.39, 0.29) is 21.4 Å². The fraction of sp³-hybridized carbons (Fsp3) is 0.242. The Morgan fingerprint density at radius 3 is 1.69 bits per heavy atom. The maximum atomic E-state index is 14.1. The van der Waals surface area contributed by atoms with Gasteiger partial charge in [0.25, 0.3) is 31.4 Å². The molecule has 254 valence electrons. The Balaban J connectivity index is 1.47. The Hall–Kier alpha value is -5.35. The average Bonchev–Trinajstić information content (AvgIpc) is 3.10. The number of nitro benzene ring substituents is 2. The number of benzene rings is 4. The Morgan fingerprint density at radius 1 is 0.714 bits per heavy atom. The second-order valence-corrected chi connectivity index (χ2v) is 15.3. The number of fused-ring (bicyclic) bond motifs is 3. The van der Waals surface area contributed by atoms with Gasteiger partial charge in [-0.1, -0.05) is 25.0 Å². The summed E-state index contributed by atoms with van der Waals surface area (Å²) < 4.78 is 67.6. The van der Waals surface area contributed by atoms with Gasteiger partial charge in [0.15, 0.2) is 11.5 Å². The van der Waals surface area contributed by atoms with Crippen molar-refractivity contribution in [2.75, 3.05) is 17.9 Å². The average molecular weight is 707 g/mol. The zero-order chi connectivity index (χ0) is 35.1. The first-order valence-corrected chi connectivity index (χ1v) is 18.0. The fourth-order valence-electron chi connectivity index (χ4n) is 6.32. The molecule has 0 bridgehead atoms. The Bertz CT molecular complexity index is 2100. The predicted molar refractivity (Wildman–Crippen MR) is 180 cm³/mol. The lowest BCUT2D eigenvalue weighted by molar-refractivity contribution is -0.385. The molecule has 0 spiro atoms. The van der Waals surface area contributed by atoms with Crippen molar-refractivity contribution in [2.45, 2.75) is 47.4 Å². The van der Waals surface area contributed by atoms with E-state index < -0.39 is 51.1 Å². The second kappa shape index (κ2) is 12.9. The highest BCUT2D eigenvalue weighted by Gasteiger charge is 2.38. The van der Waals surface area contributed by atoms with Gasteiger partial charge < -0.3 is 9.47 Å². The summed E-state index contributed by atoms with van der Waals surface area (Å²) in [6.07, 6.45) is 3.93. The molecule has 1 aliphatic heterocycles. The van der Waals surface area contributed by atoms with Crippen molar-refractivity contribution in [1.82, 2.24) is 0 Å². The third kappa shape index (κ3) is 6.08. The van der Waals surface area contributed by atoms with Crippen molar-refractivity contribution in [2.24, 2.45) is 4.99 Å². The minimum absolute atomic E-state index is 0.00977. The highest BCUT2D eigenvalue weighted by Crippen LogP contribution is 2.45. The number of aliphatic imine (C=N–C) groups is 1. The molecule has 0 amide bonds. The van der Waals surface area contributed by atoms with Crippen molar-refractivity contribution < 1.29 is 36.2 Å². The van der Waals surface area contributed by atoms with E-state index in [1.54, 1.807) is 19.2 Å². The molecule has 4 aromatic carbocycles. The third-order valence-corrected chi connectivity index (χ3v) is 12.9. The number of methoxy groups -OCH3 is 2. The molecular formula is C33H30N4O10S2. The summed E-state index contributed by atoms with van der Waals surface area (Å²) in [5, 5.41) is 22.4. The standard InChI is InChI=1S/C33H30N4O10S2/c1-46-31-19-28-27-5-3-4-6-30(27)34-33(29(28)20-32(31)47-2)21-7-9-24(10-8-21)37(48(42,43)25-15-11-22(12-16-25)35(38)39)49(44,45)26-17-13-23(14-18-26)36(40)41/h7-20,27,30H,3-6H2,1-2H3/t27-,30-/m1/s1. The second-order valence-electron chi connectivity index (χ2n) is 11.5. The number of nitrogens with zero attached hydrogens (tertiary/aromatic N) is 4. The van der Waals surface area contributed by atoms with Crippen LogP contribution in [0.2, 0.25) is 0 Å². The number of sulfonamides is 2. The van der Waals surface area contributed by atoms with Crippen LogP contribution in [0.3, 0.4) is 0 Å². The molecule has 6 rings (SSSR count). The molecule has 0 saturated heterocycles. The maximum absolute atomic E-state index is 14.1. The first kappa shape index (κ1) is 33.5. The van der Waals surface area contributed by atoms with Crippen molar-refractivity contribution in [1.29, 1.82) is 0 Å². The van der Waals surface area contributed by atoms with Gasteiger partial charge in [0.1, 0.15) is 0 Å². The van der Waals surface area contributed by atoms with E-state index in [1.165, 1.54) is 19.2 Å². The van der Waals surface area contributed by atoms with E-state index >= 15 is 0 Å². The van der Waals surface area contributed by atoms with Crippen LogP contribution in [-0.2, 0) is 20.0 Å². The normalized spacial score (nSPS) is 17.2. The smallest absolute Gasteiger partial charge is 0.277 e. The number of non-ortho nitro benzene ring substituents is 2. The van der Waals surface area contributed by atoms with Crippen molar-refractivity contribution >= 4 is 42.8 Å². The van der Waals surface area contributed by atoms with Gasteiger partial charge in [-0.05, 0) is 66.9 Å². The molecule has 0 radical (unpaired) electrons. The number of hydrogen-bond acceptors (Lipinski definition) is 11. The molecular weight excluding hydrogens is 677 g/mol. The molecule has 2 aliphatic rings.